The first-order chi connectivity index (χ1) is 11.9. The highest BCUT2D eigenvalue weighted by molar-refractivity contribution is 6.40. The van der Waals surface area contributed by atoms with Gasteiger partial charge in [0.1, 0.15) is 0 Å². The van der Waals surface area contributed by atoms with E-state index in [4.69, 9.17) is 23.2 Å². The number of halogens is 2. The molecule has 0 unspecified atom stereocenters. The Morgan fingerprint density at radius 2 is 1.60 bits per heavy atom. The molecule has 2 aromatic rings. The van der Waals surface area contributed by atoms with Crippen LogP contribution in [0, 0.1) is 6.92 Å². The first kappa shape index (κ1) is 18.8. The van der Waals surface area contributed by atoms with Crippen molar-refractivity contribution in [2.75, 3.05) is 17.2 Å². The monoisotopic (exact) mass is 379 g/mol. The van der Waals surface area contributed by atoms with Crippen molar-refractivity contribution in [2.45, 2.75) is 6.92 Å². The Labute approximate surface area is 154 Å². The summed E-state index contributed by atoms with van der Waals surface area (Å²) in [4.78, 5) is 35.4. The van der Waals surface area contributed by atoms with Crippen molar-refractivity contribution in [3.8, 4) is 0 Å². The van der Waals surface area contributed by atoms with Gasteiger partial charge in [0.25, 0.3) is 0 Å². The highest BCUT2D eigenvalue weighted by Gasteiger charge is 2.15. The lowest BCUT2D eigenvalue weighted by Crippen LogP contribution is -2.39. The van der Waals surface area contributed by atoms with Crippen LogP contribution in [0.15, 0.2) is 42.5 Å². The van der Waals surface area contributed by atoms with E-state index in [1.54, 1.807) is 49.4 Å². The number of rotatable bonds is 4. The number of benzene rings is 2. The van der Waals surface area contributed by atoms with E-state index < -0.39 is 17.7 Å². The molecule has 0 aliphatic rings. The number of nitrogens with one attached hydrogen (secondary N) is 3. The molecular formula is C17H15Cl2N3O3. The summed E-state index contributed by atoms with van der Waals surface area (Å²) in [6.45, 7) is 1.41. The predicted molar refractivity (Wildman–Crippen MR) is 97.9 cm³/mol. The van der Waals surface area contributed by atoms with Crippen molar-refractivity contribution >= 4 is 52.3 Å². The largest absolute Gasteiger partial charge is 0.339 e. The van der Waals surface area contributed by atoms with Crippen LogP contribution < -0.4 is 16.0 Å². The van der Waals surface area contributed by atoms with Crippen LogP contribution in [-0.2, 0) is 14.4 Å². The van der Waals surface area contributed by atoms with Crippen LogP contribution in [0.1, 0.15) is 5.56 Å². The van der Waals surface area contributed by atoms with Crippen LogP contribution in [0.25, 0.3) is 0 Å². The molecule has 8 heteroatoms. The predicted octanol–water partition coefficient (Wildman–Crippen LogP) is 3.00. The van der Waals surface area contributed by atoms with Gasteiger partial charge in [-0.05, 0) is 48.9 Å². The van der Waals surface area contributed by atoms with Crippen molar-refractivity contribution in [1.29, 1.82) is 0 Å². The fraction of sp³-hybridized carbons (Fsp3) is 0.118. The molecule has 0 saturated heterocycles. The van der Waals surface area contributed by atoms with Crippen LogP contribution >= 0.6 is 23.2 Å². The zero-order valence-corrected chi connectivity index (χ0v) is 14.7. The van der Waals surface area contributed by atoms with Crippen molar-refractivity contribution in [2.24, 2.45) is 0 Å². The maximum Gasteiger partial charge on any atom is 0.313 e. The van der Waals surface area contributed by atoms with E-state index in [-0.39, 0.29) is 6.54 Å². The van der Waals surface area contributed by atoms with Gasteiger partial charge in [-0.25, -0.2) is 0 Å². The second-order valence-corrected chi connectivity index (χ2v) is 5.95. The van der Waals surface area contributed by atoms with Crippen LogP contribution in [0.2, 0.25) is 10.0 Å². The van der Waals surface area contributed by atoms with Gasteiger partial charge in [0, 0.05) is 21.4 Å². The summed E-state index contributed by atoms with van der Waals surface area (Å²) in [6.07, 6.45) is 0. The standard InChI is InChI=1S/C17H15Cl2N3O3/c1-10-13(19)3-2-4-14(10)22-15(23)9-20-16(24)17(25)21-12-7-5-11(18)6-8-12/h2-8H,9H2,1H3,(H,20,24)(H,21,25)(H,22,23). The SMILES string of the molecule is Cc1c(Cl)cccc1NC(=O)CNC(=O)C(=O)Nc1ccc(Cl)cc1. The normalized spacial score (nSPS) is 10.0. The fourth-order valence-electron chi connectivity index (χ4n) is 1.90. The molecule has 0 atom stereocenters. The third-order valence-corrected chi connectivity index (χ3v) is 3.92. The van der Waals surface area contributed by atoms with E-state index in [1.165, 1.54) is 0 Å². The van der Waals surface area contributed by atoms with Crippen LogP contribution in [-0.4, -0.2) is 24.3 Å². The number of anilines is 2. The minimum absolute atomic E-state index is 0.348. The van der Waals surface area contributed by atoms with E-state index in [2.05, 4.69) is 16.0 Å². The average Bonchev–Trinajstić information content (AvgIpc) is 2.59. The molecule has 0 fully saturated rings. The van der Waals surface area contributed by atoms with E-state index in [9.17, 15) is 14.4 Å². The van der Waals surface area contributed by atoms with Crippen molar-refractivity contribution in [3.63, 3.8) is 0 Å². The molecule has 2 aromatic carbocycles. The minimum Gasteiger partial charge on any atom is -0.339 e. The molecule has 130 valence electrons. The van der Waals surface area contributed by atoms with Gasteiger partial charge >= 0.3 is 11.8 Å². The lowest BCUT2D eigenvalue weighted by molar-refractivity contribution is -0.136. The lowest BCUT2D eigenvalue weighted by atomic mass is 10.2. The van der Waals surface area contributed by atoms with Gasteiger partial charge in [0.15, 0.2) is 0 Å². The molecule has 0 aliphatic carbocycles. The van der Waals surface area contributed by atoms with Gasteiger partial charge < -0.3 is 16.0 Å². The number of hydrogen-bond donors (Lipinski definition) is 3. The first-order valence-corrected chi connectivity index (χ1v) is 8.02. The average molecular weight is 380 g/mol. The molecule has 2 rings (SSSR count). The van der Waals surface area contributed by atoms with E-state index in [1.807, 2.05) is 0 Å². The summed E-state index contributed by atoms with van der Waals surface area (Å²) in [6, 6.07) is 11.4. The topological polar surface area (TPSA) is 87.3 Å². The molecule has 0 radical (unpaired) electrons. The van der Waals surface area contributed by atoms with Gasteiger partial charge in [0.2, 0.25) is 5.91 Å². The Bertz CT molecular complexity index is 807. The van der Waals surface area contributed by atoms with Crippen molar-refractivity contribution in [3.05, 3.63) is 58.1 Å². The fourth-order valence-corrected chi connectivity index (χ4v) is 2.20. The highest BCUT2D eigenvalue weighted by atomic mass is 35.5. The second-order valence-electron chi connectivity index (χ2n) is 5.10. The number of amides is 3. The number of hydrogen-bond acceptors (Lipinski definition) is 3. The summed E-state index contributed by atoms with van der Waals surface area (Å²) in [5, 5.41) is 8.29. The molecule has 6 nitrogen and oxygen atoms in total. The molecular weight excluding hydrogens is 365 g/mol. The van der Waals surface area contributed by atoms with Crippen LogP contribution in [0.3, 0.4) is 0 Å². The molecule has 0 aromatic heterocycles. The zero-order chi connectivity index (χ0) is 18.4. The van der Waals surface area contributed by atoms with E-state index >= 15 is 0 Å². The smallest absolute Gasteiger partial charge is 0.313 e. The van der Waals surface area contributed by atoms with E-state index in [0.29, 0.717) is 27.0 Å². The van der Waals surface area contributed by atoms with E-state index in [0.717, 1.165) is 0 Å². The van der Waals surface area contributed by atoms with Crippen molar-refractivity contribution < 1.29 is 14.4 Å². The summed E-state index contributed by atoms with van der Waals surface area (Å²) in [7, 11) is 0. The summed E-state index contributed by atoms with van der Waals surface area (Å²) in [5.41, 5.74) is 1.67. The van der Waals surface area contributed by atoms with Gasteiger partial charge in [0.05, 0.1) is 6.54 Å². The first-order valence-electron chi connectivity index (χ1n) is 7.26. The Morgan fingerprint density at radius 3 is 2.28 bits per heavy atom. The third-order valence-electron chi connectivity index (χ3n) is 3.26. The quantitative estimate of drug-likeness (QED) is 0.713. The zero-order valence-electron chi connectivity index (χ0n) is 13.2. The Hall–Kier alpha value is -2.57. The summed E-state index contributed by atoms with van der Waals surface area (Å²) in [5.74, 6) is -2.28. The molecule has 25 heavy (non-hydrogen) atoms. The number of carbonyl (C=O) groups excluding carboxylic acids is 3. The van der Waals surface area contributed by atoms with Crippen LogP contribution in [0.4, 0.5) is 11.4 Å². The molecule has 3 amide bonds. The molecule has 0 spiro atoms. The van der Waals surface area contributed by atoms with Gasteiger partial charge in [-0.3, -0.25) is 14.4 Å². The lowest BCUT2D eigenvalue weighted by Gasteiger charge is -2.10. The summed E-state index contributed by atoms with van der Waals surface area (Å²) < 4.78 is 0. The highest BCUT2D eigenvalue weighted by Crippen LogP contribution is 2.22. The molecule has 3 N–H and O–H groups in total. The minimum atomic E-state index is -0.923. The van der Waals surface area contributed by atoms with Gasteiger partial charge in [-0.2, -0.15) is 0 Å². The van der Waals surface area contributed by atoms with Crippen LogP contribution in [0.5, 0.6) is 0 Å². The molecule has 0 bridgehead atoms. The van der Waals surface area contributed by atoms with Gasteiger partial charge in [-0.1, -0.05) is 29.3 Å². The molecule has 0 saturated carbocycles. The molecule has 0 aliphatic heterocycles. The second kappa shape index (κ2) is 8.50. The Kier molecular flexibility index (Phi) is 6.38. The third kappa shape index (κ3) is 5.48. The molecule has 0 heterocycles. The Balaban J connectivity index is 1.84. The maximum atomic E-state index is 11.9. The number of carbonyl (C=O) groups is 3. The van der Waals surface area contributed by atoms with Crippen molar-refractivity contribution in [1.82, 2.24) is 5.32 Å². The van der Waals surface area contributed by atoms with Gasteiger partial charge in [-0.15, -0.1) is 0 Å². The summed E-state index contributed by atoms with van der Waals surface area (Å²) >= 11 is 11.7. The maximum absolute atomic E-state index is 11.9. The Morgan fingerprint density at radius 1 is 0.920 bits per heavy atom.